The highest BCUT2D eigenvalue weighted by atomic mass is 35.5. The number of pyridine rings is 1. The summed E-state index contributed by atoms with van der Waals surface area (Å²) in [6, 6.07) is 9.09. The van der Waals surface area contributed by atoms with Crippen LogP contribution in [0.3, 0.4) is 0 Å². The second-order valence-corrected chi connectivity index (χ2v) is 2.71. The SMILES string of the molecule is Clc1cccc(-c2ccco2)n1. The van der Waals surface area contributed by atoms with Gasteiger partial charge in [-0.05, 0) is 24.3 Å². The molecular formula is C9H6ClNO. The van der Waals surface area contributed by atoms with Crippen LogP contribution in [0.4, 0.5) is 0 Å². The maximum atomic E-state index is 5.71. The Morgan fingerprint density at radius 3 is 2.75 bits per heavy atom. The minimum atomic E-state index is 0.476. The maximum absolute atomic E-state index is 5.71. The molecule has 0 atom stereocenters. The lowest BCUT2D eigenvalue weighted by Gasteiger charge is -1.94. The highest BCUT2D eigenvalue weighted by molar-refractivity contribution is 6.29. The number of rotatable bonds is 1. The lowest BCUT2D eigenvalue weighted by Crippen LogP contribution is -1.79. The minimum absolute atomic E-state index is 0.476. The molecule has 2 heterocycles. The van der Waals surface area contributed by atoms with Gasteiger partial charge in [0, 0.05) is 0 Å². The Hall–Kier alpha value is -1.28. The summed E-state index contributed by atoms with van der Waals surface area (Å²) in [4.78, 5) is 4.09. The van der Waals surface area contributed by atoms with E-state index in [1.807, 2.05) is 24.3 Å². The first-order chi connectivity index (χ1) is 5.86. The van der Waals surface area contributed by atoms with Crippen molar-refractivity contribution in [3.63, 3.8) is 0 Å². The molecule has 0 unspecified atom stereocenters. The Morgan fingerprint density at radius 1 is 1.17 bits per heavy atom. The van der Waals surface area contributed by atoms with E-state index in [1.165, 1.54) is 0 Å². The molecule has 0 saturated heterocycles. The third-order valence-electron chi connectivity index (χ3n) is 1.49. The Kier molecular flexibility index (Phi) is 1.84. The quantitative estimate of drug-likeness (QED) is 0.629. The van der Waals surface area contributed by atoms with E-state index in [1.54, 1.807) is 12.3 Å². The zero-order valence-corrected chi connectivity index (χ0v) is 6.95. The van der Waals surface area contributed by atoms with Crippen LogP contribution in [-0.4, -0.2) is 4.98 Å². The molecule has 0 aliphatic carbocycles. The lowest BCUT2D eigenvalue weighted by molar-refractivity contribution is 0.580. The zero-order chi connectivity index (χ0) is 8.39. The van der Waals surface area contributed by atoms with Crippen molar-refractivity contribution in [3.05, 3.63) is 41.7 Å². The van der Waals surface area contributed by atoms with E-state index in [2.05, 4.69) is 4.98 Å². The van der Waals surface area contributed by atoms with Crippen molar-refractivity contribution in [1.29, 1.82) is 0 Å². The van der Waals surface area contributed by atoms with Gasteiger partial charge >= 0.3 is 0 Å². The van der Waals surface area contributed by atoms with E-state index in [0.29, 0.717) is 5.15 Å². The van der Waals surface area contributed by atoms with Crippen molar-refractivity contribution in [2.75, 3.05) is 0 Å². The third kappa shape index (κ3) is 1.34. The van der Waals surface area contributed by atoms with E-state index < -0.39 is 0 Å². The van der Waals surface area contributed by atoms with Crippen molar-refractivity contribution in [3.8, 4) is 11.5 Å². The summed E-state index contributed by atoms with van der Waals surface area (Å²) in [5.74, 6) is 0.734. The molecule has 0 radical (unpaired) electrons. The first-order valence-corrected chi connectivity index (χ1v) is 3.90. The van der Waals surface area contributed by atoms with Crippen LogP contribution in [0.2, 0.25) is 5.15 Å². The van der Waals surface area contributed by atoms with Crippen molar-refractivity contribution in [2.24, 2.45) is 0 Å². The van der Waals surface area contributed by atoms with Gasteiger partial charge in [0.05, 0.1) is 6.26 Å². The Labute approximate surface area is 74.8 Å². The molecule has 0 saturated carbocycles. The van der Waals surface area contributed by atoms with Crippen LogP contribution >= 0.6 is 11.6 Å². The highest BCUT2D eigenvalue weighted by Crippen LogP contribution is 2.18. The van der Waals surface area contributed by atoms with Crippen LogP contribution in [0.25, 0.3) is 11.5 Å². The third-order valence-corrected chi connectivity index (χ3v) is 1.70. The normalized spacial score (nSPS) is 10.1. The van der Waals surface area contributed by atoms with Crippen LogP contribution in [0.5, 0.6) is 0 Å². The molecule has 0 aliphatic rings. The molecule has 12 heavy (non-hydrogen) atoms. The second kappa shape index (κ2) is 2.99. The van der Waals surface area contributed by atoms with Gasteiger partial charge in [-0.2, -0.15) is 0 Å². The number of furan rings is 1. The Balaban J connectivity index is 2.48. The monoisotopic (exact) mass is 179 g/mol. The molecule has 0 fully saturated rings. The van der Waals surface area contributed by atoms with Crippen molar-refractivity contribution >= 4 is 11.6 Å². The molecule has 0 spiro atoms. The summed E-state index contributed by atoms with van der Waals surface area (Å²) >= 11 is 5.71. The van der Waals surface area contributed by atoms with Gasteiger partial charge in [-0.15, -0.1) is 0 Å². The maximum Gasteiger partial charge on any atom is 0.152 e. The summed E-state index contributed by atoms with van der Waals surface area (Å²) in [6.07, 6.45) is 1.61. The Bertz CT molecular complexity index is 370. The van der Waals surface area contributed by atoms with Gasteiger partial charge in [-0.25, -0.2) is 4.98 Å². The predicted octanol–water partition coefficient (Wildman–Crippen LogP) is 3.00. The molecule has 0 aromatic carbocycles. The summed E-state index contributed by atoms with van der Waals surface area (Å²) in [5, 5.41) is 0.476. The molecular weight excluding hydrogens is 174 g/mol. The van der Waals surface area contributed by atoms with Gasteiger partial charge in [-0.3, -0.25) is 0 Å². The van der Waals surface area contributed by atoms with Gasteiger partial charge in [0.25, 0.3) is 0 Å². The van der Waals surface area contributed by atoms with E-state index in [4.69, 9.17) is 16.0 Å². The standard InChI is InChI=1S/C9H6ClNO/c10-9-5-1-3-7(11-9)8-4-2-6-12-8/h1-6H. The average Bonchev–Trinajstić information content (AvgIpc) is 2.56. The first-order valence-electron chi connectivity index (χ1n) is 3.53. The van der Waals surface area contributed by atoms with E-state index in [0.717, 1.165) is 11.5 Å². The fourth-order valence-corrected chi connectivity index (χ4v) is 1.13. The van der Waals surface area contributed by atoms with Gasteiger partial charge < -0.3 is 4.42 Å². The molecule has 0 bridgehead atoms. The zero-order valence-electron chi connectivity index (χ0n) is 6.20. The fraction of sp³-hybridized carbons (Fsp3) is 0. The van der Waals surface area contributed by atoms with Crippen LogP contribution < -0.4 is 0 Å². The number of nitrogens with zero attached hydrogens (tertiary/aromatic N) is 1. The largest absolute Gasteiger partial charge is 0.463 e. The van der Waals surface area contributed by atoms with E-state index in [9.17, 15) is 0 Å². The van der Waals surface area contributed by atoms with Gasteiger partial charge in [0.2, 0.25) is 0 Å². The number of hydrogen-bond donors (Lipinski definition) is 0. The van der Waals surface area contributed by atoms with Crippen LogP contribution in [0.1, 0.15) is 0 Å². The number of aromatic nitrogens is 1. The average molecular weight is 180 g/mol. The molecule has 0 N–H and O–H groups in total. The van der Waals surface area contributed by atoms with Crippen molar-refractivity contribution < 1.29 is 4.42 Å². The lowest BCUT2D eigenvalue weighted by atomic mass is 10.3. The summed E-state index contributed by atoms with van der Waals surface area (Å²) < 4.78 is 5.15. The predicted molar refractivity (Wildman–Crippen MR) is 46.9 cm³/mol. The van der Waals surface area contributed by atoms with Gasteiger partial charge in [0.15, 0.2) is 5.76 Å². The van der Waals surface area contributed by atoms with Crippen molar-refractivity contribution in [1.82, 2.24) is 4.98 Å². The molecule has 2 aromatic rings. The van der Waals surface area contributed by atoms with E-state index >= 15 is 0 Å². The molecule has 60 valence electrons. The van der Waals surface area contributed by atoms with Crippen LogP contribution in [0.15, 0.2) is 41.0 Å². The van der Waals surface area contributed by atoms with Crippen LogP contribution in [0, 0.1) is 0 Å². The number of hydrogen-bond acceptors (Lipinski definition) is 2. The summed E-state index contributed by atoms with van der Waals surface area (Å²) in [6.45, 7) is 0. The molecule has 3 heteroatoms. The Morgan fingerprint density at radius 2 is 2.08 bits per heavy atom. The first kappa shape index (κ1) is 7.37. The molecule has 0 amide bonds. The second-order valence-electron chi connectivity index (χ2n) is 2.32. The smallest absolute Gasteiger partial charge is 0.152 e. The summed E-state index contributed by atoms with van der Waals surface area (Å²) in [7, 11) is 0. The fourth-order valence-electron chi connectivity index (χ4n) is 0.970. The molecule has 2 rings (SSSR count). The minimum Gasteiger partial charge on any atom is -0.463 e. The summed E-state index contributed by atoms with van der Waals surface area (Å²) in [5.41, 5.74) is 0.757. The van der Waals surface area contributed by atoms with Crippen molar-refractivity contribution in [2.45, 2.75) is 0 Å². The molecule has 2 nitrogen and oxygen atoms in total. The highest BCUT2D eigenvalue weighted by Gasteiger charge is 2.00. The topological polar surface area (TPSA) is 26.0 Å². The van der Waals surface area contributed by atoms with Gasteiger partial charge in [-0.1, -0.05) is 17.7 Å². The van der Waals surface area contributed by atoms with Crippen LogP contribution in [-0.2, 0) is 0 Å². The number of halogens is 1. The molecule has 2 aromatic heterocycles. The molecule has 0 aliphatic heterocycles. The van der Waals surface area contributed by atoms with Gasteiger partial charge in [0.1, 0.15) is 10.8 Å². The van der Waals surface area contributed by atoms with E-state index in [-0.39, 0.29) is 0 Å².